The van der Waals surface area contributed by atoms with Gasteiger partial charge in [0.2, 0.25) is 0 Å². The number of hydrogen-bond acceptors (Lipinski definition) is 2. The average molecular weight is 270 g/mol. The van der Waals surface area contributed by atoms with Crippen molar-refractivity contribution in [2.75, 3.05) is 13.1 Å². The molecule has 18 heavy (non-hydrogen) atoms. The molecular formula is C13H13ClFNO2. The molecule has 1 amide bonds. The van der Waals surface area contributed by atoms with Crippen LogP contribution in [0, 0.1) is 11.7 Å². The molecule has 0 saturated carbocycles. The first kappa shape index (κ1) is 13.0. The summed E-state index contributed by atoms with van der Waals surface area (Å²) < 4.78 is 13.7. The number of hydrogen-bond donors (Lipinski definition) is 0. The topological polar surface area (TPSA) is 37.4 Å². The molecule has 0 N–H and O–H groups in total. The lowest BCUT2D eigenvalue weighted by Crippen LogP contribution is -2.43. The summed E-state index contributed by atoms with van der Waals surface area (Å²) in [5.74, 6) is -1.15. The van der Waals surface area contributed by atoms with Crippen molar-refractivity contribution >= 4 is 23.3 Å². The maximum atomic E-state index is 13.7. The summed E-state index contributed by atoms with van der Waals surface area (Å²) in [5.41, 5.74) is -0.0379. The van der Waals surface area contributed by atoms with Crippen molar-refractivity contribution in [3.63, 3.8) is 0 Å². The number of Topliss-reactive ketones (excluding diaryl/α,β-unsaturated/α-hetero) is 1. The van der Waals surface area contributed by atoms with Gasteiger partial charge in [0.05, 0.1) is 10.6 Å². The van der Waals surface area contributed by atoms with Crippen molar-refractivity contribution in [2.24, 2.45) is 5.92 Å². The van der Waals surface area contributed by atoms with Gasteiger partial charge in [-0.3, -0.25) is 9.59 Å². The molecule has 0 spiro atoms. The van der Waals surface area contributed by atoms with Crippen LogP contribution >= 0.6 is 11.6 Å². The number of carbonyl (C=O) groups excluding carboxylic acids is 2. The molecule has 1 aliphatic rings. The summed E-state index contributed by atoms with van der Waals surface area (Å²) in [4.78, 5) is 25.0. The van der Waals surface area contributed by atoms with E-state index in [2.05, 4.69) is 0 Å². The van der Waals surface area contributed by atoms with Crippen LogP contribution in [0.2, 0.25) is 5.02 Å². The normalized spacial score (nSPS) is 20.1. The van der Waals surface area contributed by atoms with E-state index < -0.39 is 11.7 Å². The molecule has 0 radical (unpaired) electrons. The molecule has 1 aromatic rings. The number of halogens is 2. The van der Waals surface area contributed by atoms with Gasteiger partial charge in [-0.05, 0) is 12.1 Å². The monoisotopic (exact) mass is 269 g/mol. The van der Waals surface area contributed by atoms with E-state index in [4.69, 9.17) is 11.6 Å². The smallest absolute Gasteiger partial charge is 0.256 e. The van der Waals surface area contributed by atoms with Gasteiger partial charge in [0.15, 0.2) is 5.82 Å². The highest BCUT2D eigenvalue weighted by molar-refractivity contribution is 6.31. The van der Waals surface area contributed by atoms with E-state index in [-0.39, 0.29) is 22.3 Å². The molecule has 1 aliphatic heterocycles. The number of carbonyl (C=O) groups is 2. The highest BCUT2D eigenvalue weighted by Crippen LogP contribution is 2.21. The van der Waals surface area contributed by atoms with E-state index in [1.807, 2.05) is 0 Å². The minimum absolute atomic E-state index is 0.0379. The zero-order chi connectivity index (χ0) is 13.3. The first-order valence-corrected chi connectivity index (χ1v) is 6.14. The number of rotatable bonds is 1. The minimum atomic E-state index is -0.700. The Morgan fingerprint density at radius 3 is 2.89 bits per heavy atom. The average Bonchev–Trinajstić information content (AvgIpc) is 2.35. The Kier molecular flexibility index (Phi) is 3.66. The zero-order valence-corrected chi connectivity index (χ0v) is 10.7. The highest BCUT2D eigenvalue weighted by atomic mass is 35.5. The molecule has 1 unspecified atom stereocenters. The van der Waals surface area contributed by atoms with Gasteiger partial charge >= 0.3 is 0 Å². The molecule has 1 aromatic carbocycles. The van der Waals surface area contributed by atoms with E-state index in [9.17, 15) is 14.0 Å². The van der Waals surface area contributed by atoms with Crippen LogP contribution in [-0.4, -0.2) is 29.7 Å². The first-order valence-electron chi connectivity index (χ1n) is 5.76. The second kappa shape index (κ2) is 5.06. The Morgan fingerprint density at radius 2 is 2.22 bits per heavy atom. The maximum absolute atomic E-state index is 13.7. The fourth-order valence-corrected chi connectivity index (χ4v) is 2.21. The lowest BCUT2D eigenvalue weighted by Gasteiger charge is -2.30. The van der Waals surface area contributed by atoms with Gasteiger partial charge in [0, 0.05) is 25.4 Å². The van der Waals surface area contributed by atoms with Crippen LogP contribution in [0.15, 0.2) is 18.2 Å². The Morgan fingerprint density at radius 1 is 1.50 bits per heavy atom. The second-order valence-corrected chi connectivity index (χ2v) is 4.88. The Bertz CT molecular complexity index is 504. The maximum Gasteiger partial charge on any atom is 0.256 e. The summed E-state index contributed by atoms with van der Waals surface area (Å²) >= 11 is 5.65. The first-order chi connectivity index (χ1) is 8.50. The molecule has 1 saturated heterocycles. The van der Waals surface area contributed by atoms with Crippen molar-refractivity contribution in [3.05, 3.63) is 34.6 Å². The lowest BCUT2D eigenvalue weighted by atomic mass is 9.98. The SMILES string of the molecule is CC1CN(C(=O)c2cccc(Cl)c2F)CCC1=O. The van der Waals surface area contributed by atoms with E-state index in [1.54, 1.807) is 6.92 Å². The molecule has 1 heterocycles. The van der Waals surface area contributed by atoms with Crippen molar-refractivity contribution < 1.29 is 14.0 Å². The van der Waals surface area contributed by atoms with Crippen molar-refractivity contribution in [1.29, 1.82) is 0 Å². The molecule has 2 rings (SSSR count). The fourth-order valence-electron chi connectivity index (χ4n) is 2.04. The lowest BCUT2D eigenvalue weighted by molar-refractivity contribution is -0.124. The Balaban J connectivity index is 2.22. The van der Waals surface area contributed by atoms with Crippen LogP contribution < -0.4 is 0 Å². The number of likely N-dealkylation sites (tertiary alicyclic amines) is 1. The summed E-state index contributed by atoms with van der Waals surface area (Å²) in [6.07, 6.45) is 0.328. The number of ketones is 1. The van der Waals surface area contributed by atoms with Gasteiger partial charge < -0.3 is 4.90 Å². The van der Waals surface area contributed by atoms with Gasteiger partial charge in [0.1, 0.15) is 5.78 Å². The summed E-state index contributed by atoms with van der Waals surface area (Å²) in [7, 11) is 0. The highest BCUT2D eigenvalue weighted by Gasteiger charge is 2.28. The fraction of sp³-hybridized carbons (Fsp3) is 0.385. The molecule has 1 atom stereocenters. The van der Waals surface area contributed by atoms with Crippen LogP contribution in [0.3, 0.4) is 0 Å². The molecule has 3 nitrogen and oxygen atoms in total. The molecule has 0 aliphatic carbocycles. The third kappa shape index (κ3) is 2.38. The van der Waals surface area contributed by atoms with Crippen LogP contribution in [0.1, 0.15) is 23.7 Å². The van der Waals surface area contributed by atoms with Crippen molar-refractivity contribution in [3.8, 4) is 0 Å². The van der Waals surface area contributed by atoms with E-state index in [0.29, 0.717) is 19.5 Å². The van der Waals surface area contributed by atoms with Crippen molar-refractivity contribution in [2.45, 2.75) is 13.3 Å². The minimum Gasteiger partial charge on any atom is -0.337 e. The van der Waals surface area contributed by atoms with E-state index >= 15 is 0 Å². The predicted octanol–water partition coefficient (Wildman–Crippen LogP) is 2.53. The molecule has 0 aromatic heterocycles. The van der Waals surface area contributed by atoms with Gasteiger partial charge in [0.25, 0.3) is 5.91 Å². The molecule has 96 valence electrons. The number of piperidine rings is 1. The van der Waals surface area contributed by atoms with Gasteiger partial charge in [-0.15, -0.1) is 0 Å². The Hall–Kier alpha value is -1.42. The summed E-state index contributed by atoms with van der Waals surface area (Å²) in [5, 5.41) is -0.0676. The summed E-state index contributed by atoms with van der Waals surface area (Å²) in [6, 6.07) is 4.35. The third-order valence-electron chi connectivity index (χ3n) is 3.14. The van der Waals surface area contributed by atoms with Crippen molar-refractivity contribution in [1.82, 2.24) is 4.90 Å². The quantitative estimate of drug-likeness (QED) is 0.786. The number of nitrogens with zero attached hydrogens (tertiary/aromatic N) is 1. The molecule has 5 heteroatoms. The molecule has 0 bridgehead atoms. The number of amides is 1. The zero-order valence-electron chi connectivity index (χ0n) is 9.95. The van der Waals surface area contributed by atoms with Gasteiger partial charge in [-0.1, -0.05) is 24.6 Å². The number of benzene rings is 1. The third-order valence-corrected chi connectivity index (χ3v) is 3.43. The van der Waals surface area contributed by atoms with Crippen LogP contribution in [-0.2, 0) is 4.79 Å². The van der Waals surface area contributed by atoms with Crippen LogP contribution in [0.25, 0.3) is 0 Å². The standard InChI is InChI=1S/C13H13ClFNO2/c1-8-7-16(6-5-11(8)17)13(18)9-3-2-4-10(14)12(9)15/h2-4,8H,5-7H2,1H3. The van der Waals surface area contributed by atoms with Gasteiger partial charge in [-0.2, -0.15) is 0 Å². The molecular weight excluding hydrogens is 257 g/mol. The summed E-state index contributed by atoms with van der Waals surface area (Å²) in [6.45, 7) is 2.45. The molecule has 1 fully saturated rings. The van der Waals surface area contributed by atoms with Gasteiger partial charge in [-0.25, -0.2) is 4.39 Å². The largest absolute Gasteiger partial charge is 0.337 e. The van der Waals surface area contributed by atoms with E-state index in [0.717, 1.165) is 0 Å². The predicted molar refractivity (Wildman–Crippen MR) is 66.1 cm³/mol. The second-order valence-electron chi connectivity index (χ2n) is 4.47. The van der Waals surface area contributed by atoms with Crippen LogP contribution in [0.4, 0.5) is 4.39 Å². The Labute approximate surface area is 110 Å². The van der Waals surface area contributed by atoms with Crippen LogP contribution in [0.5, 0.6) is 0 Å². The van der Waals surface area contributed by atoms with E-state index in [1.165, 1.54) is 23.1 Å².